The molecule has 1 aromatic heterocycles. The molecule has 0 bridgehead atoms. The van der Waals surface area contributed by atoms with Crippen LogP contribution in [0.5, 0.6) is 0 Å². The fourth-order valence-corrected chi connectivity index (χ4v) is 3.54. The number of rotatable bonds is 4. The maximum Gasteiger partial charge on any atom is 0.229 e. The minimum atomic E-state index is -0.0503. The van der Waals surface area contributed by atoms with Gasteiger partial charge >= 0.3 is 0 Å². The predicted molar refractivity (Wildman–Crippen MR) is 112 cm³/mol. The Morgan fingerprint density at radius 3 is 2.50 bits per heavy atom. The lowest BCUT2D eigenvalue weighted by molar-refractivity contribution is -0.120. The molecule has 1 atom stereocenters. The van der Waals surface area contributed by atoms with Crippen LogP contribution < -0.4 is 10.2 Å². The molecule has 0 unspecified atom stereocenters. The van der Waals surface area contributed by atoms with Crippen LogP contribution in [-0.4, -0.2) is 29.2 Å². The molecule has 142 valence electrons. The first-order chi connectivity index (χ1) is 13.7. The van der Waals surface area contributed by atoms with Gasteiger partial charge in [0.15, 0.2) is 5.82 Å². The van der Waals surface area contributed by atoms with Gasteiger partial charge in [0.1, 0.15) is 0 Å². The summed E-state index contributed by atoms with van der Waals surface area (Å²) in [6.07, 6.45) is 1.86. The summed E-state index contributed by atoms with van der Waals surface area (Å²) in [5.74, 6) is 0.848. The van der Waals surface area contributed by atoms with E-state index < -0.39 is 0 Å². The van der Waals surface area contributed by atoms with Gasteiger partial charge in [-0.3, -0.25) is 4.79 Å². The quantitative estimate of drug-likeness (QED) is 0.741. The molecule has 0 radical (unpaired) electrons. The Labute approximate surface area is 165 Å². The van der Waals surface area contributed by atoms with Gasteiger partial charge < -0.3 is 10.2 Å². The Balaban J connectivity index is 1.42. The summed E-state index contributed by atoms with van der Waals surface area (Å²) in [6, 6.07) is 21.9. The van der Waals surface area contributed by atoms with E-state index in [4.69, 9.17) is 0 Å². The van der Waals surface area contributed by atoms with Crippen molar-refractivity contribution in [2.75, 3.05) is 23.3 Å². The second-order valence-corrected chi connectivity index (χ2v) is 7.28. The maximum atomic E-state index is 12.7. The molecule has 1 aliphatic heterocycles. The van der Waals surface area contributed by atoms with Crippen molar-refractivity contribution in [3.63, 3.8) is 0 Å². The Morgan fingerprint density at radius 1 is 1.00 bits per heavy atom. The zero-order valence-corrected chi connectivity index (χ0v) is 16.0. The molecule has 3 aromatic rings. The van der Waals surface area contributed by atoms with Gasteiger partial charge in [-0.2, -0.15) is 0 Å². The molecule has 1 N–H and O–H groups in total. The first-order valence-corrected chi connectivity index (χ1v) is 9.71. The molecule has 2 heterocycles. The van der Waals surface area contributed by atoms with Crippen LogP contribution in [0.4, 0.5) is 11.5 Å². The summed E-state index contributed by atoms with van der Waals surface area (Å²) >= 11 is 0. The summed E-state index contributed by atoms with van der Waals surface area (Å²) < 4.78 is 0. The number of nitrogens with one attached hydrogen (secondary N) is 1. The number of carbonyl (C=O) groups excluding carboxylic acids is 1. The summed E-state index contributed by atoms with van der Waals surface area (Å²) in [4.78, 5) is 14.9. The van der Waals surface area contributed by atoms with Crippen LogP contribution in [0.1, 0.15) is 18.4 Å². The number of aryl methyl sites for hydroxylation is 1. The normalized spacial score (nSPS) is 16.6. The third kappa shape index (κ3) is 4.19. The molecule has 28 heavy (non-hydrogen) atoms. The van der Waals surface area contributed by atoms with Crippen LogP contribution in [0.25, 0.3) is 11.3 Å². The first kappa shape index (κ1) is 18.2. The van der Waals surface area contributed by atoms with E-state index in [-0.39, 0.29) is 11.8 Å². The van der Waals surface area contributed by atoms with Crippen molar-refractivity contribution in [1.29, 1.82) is 0 Å². The highest BCUT2D eigenvalue weighted by Gasteiger charge is 2.26. The van der Waals surface area contributed by atoms with E-state index in [1.165, 1.54) is 5.56 Å². The van der Waals surface area contributed by atoms with Crippen molar-refractivity contribution in [3.05, 3.63) is 72.3 Å². The minimum Gasteiger partial charge on any atom is -0.354 e. The van der Waals surface area contributed by atoms with E-state index in [0.29, 0.717) is 6.54 Å². The smallest absolute Gasteiger partial charge is 0.229 e. The lowest BCUT2D eigenvalue weighted by Gasteiger charge is -2.32. The molecular weight excluding hydrogens is 348 g/mol. The first-order valence-electron chi connectivity index (χ1n) is 9.71. The molecule has 1 saturated heterocycles. The van der Waals surface area contributed by atoms with Crippen molar-refractivity contribution >= 4 is 17.4 Å². The number of hydrogen-bond donors (Lipinski definition) is 1. The number of benzene rings is 2. The number of carbonyl (C=O) groups is 1. The number of nitrogens with zero attached hydrogens (tertiary/aromatic N) is 3. The number of aromatic nitrogens is 2. The Morgan fingerprint density at radius 2 is 1.79 bits per heavy atom. The number of piperidine rings is 1. The topological polar surface area (TPSA) is 58.1 Å². The van der Waals surface area contributed by atoms with Crippen molar-refractivity contribution in [2.45, 2.75) is 19.8 Å². The van der Waals surface area contributed by atoms with E-state index in [1.807, 2.05) is 73.7 Å². The van der Waals surface area contributed by atoms with Gasteiger partial charge in [0, 0.05) is 24.3 Å². The summed E-state index contributed by atoms with van der Waals surface area (Å²) in [5, 5.41) is 11.8. The zero-order valence-electron chi connectivity index (χ0n) is 16.0. The van der Waals surface area contributed by atoms with Gasteiger partial charge in [-0.25, -0.2) is 0 Å². The van der Waals surface area contributed by atoms with Crippen LogP contribution in [-0.2, 0) is 4.79 Å². The van der Waals surface area contributed by atoms with Gasteiger partial charge in [0.05, 0.1) is 11.6 Å². The van der Waals surface area contributed by atoms with E-state index >= 15 is 0 Å². The fourth-order valence-electron chi connectivity index (χ4n) is 3.54. The highest BCUT2D eigenvalue weighted by molar-refractivity contribution is 5.93. The molecule has 2 aromatic carbocycles. The van der Waals surface area contributed by atoms with Crippen molar-refractivity contribution < 1.29 is 4.79 Å². The van der Waals surface area contributed by atoms with Crippen LogP contribution >= 0.6 is 0 Å². The van der Waals surface area contributed by atoms with Gasteiger partial charge in [0.25, 0.3) is 0 Å². The Bertz CT molecular complexity index is 923. The monoisotopic (exact) mass is 372 g/mol. The third-order valence-corrected chi connectivity index (χ3v) is 5.16. The average Bonchev–Trinajstić information content (AvgIpc) is 2.76. The molecular formula is C23H24N4O. The second kappa shape index (κ2) is 8.21. The Hall–Kier alpha value is -3.21. The summed E-state index contributed by atoms with van der Waals surface area (Å²) in [7, 11) is 0. The minimum absolute atomic E-state index is 0.0503. The number of hydrogen-bond acceptors (Lipinski definition) is 4. The molecule has 0 saturated carbocycles. The molecule has 5 nitrogen and oxygen atoms in total. The molecule has 0 aliphatic carbocycles. The number of anilines is 2. The summed E-state index contributed by atoms with van der Waals surface area (Å²) in [6.45, 7) is 3.60. The van der Waals surface area contributed by atoms with E-state index in [1.54, 1.807) is 0 Å². The predicted octanol–water partition coefficient (Wildman–Crippen LogP) is 4.31. The van der Waals surface area contributed by atoms with Crippen LogP contribution in [0.3, 0.4) is 0 Å². The van der Waals surface area contributed by atoms with Crippen molar-refractivity contribution in [2.24, 2.45) is 5.92 Å². The molecule has 4 rings (SSSR count). The molecule has 1 fully saturated rings. The zero-order chi connectivity index (χ0) is 19.3. The molecule has 5 heteroatoms. The number of amides is 1. The second-order valence-electron chi connectivity index (χ2n) is 7.28. The van der Waals surface area contributed by atoms with Crippen molar-refractivity contribution in [1.82, 2.24) is 10.2 Å². The highest BCUT2D eigenvalue weighted by Crippen LogP contribution is 2.24. The SMILES string of the molecule is Cc1ccc(NC(=O)[C@@H]2CCCN(c3ccc(-c4ccccc4)nn3)C2)cc1. The lowest BCUT2D eigenvalue weighted by Crippen LogP contribution is -2.41. The van der Waals surface area contributed by atoms with Crippen LogP contribution in [0, 0.1) is 12.8 Å². The van der Waals surface area contributed by atoms with E-state index in [0.717, 1.165) is 42.1 Å². The van der Waals surface area contributed by atoms with Gasteiger partial charge in [0.2, 0.25) is 5.91 Å². The molecule has 1 aliphatic rings. The van der Waals surface area contributed by atoms with E-state index in [2.05, 4.69) is 20.4 Å². The lowest BCUT2D eigenvalue weighted by atomic mass is 9.97. The van der Waals surface area contributed by atoms with Gasteiger partial charge in [-0.1, -0.05) is 48.0 Å². The van der Waals surface area contributed by atoms with Crippen LogP contribution in [0.15, 0.2) is 66.7 Å². The standard InChI is InChI=1S/C23H24N4O/c1-17-9-11-20(12-10-17)24-23(28)19-8-5-15-27(16-19)22-14-13-21(25-26-22)18-6-3-2-4-7-18/h2-4,6-7,9-14,19H,5,8,15-16H2,1H3,(H,24,28)/t19-/m1/s1. The van der Waals surface area contributed by atoms with Crippen molar-refractivity contribution in [3.8, 4) is 11.3 Å². The molecule has 1 amide bonds. The van der Waals surface area contributed by atoms with Crippen LogP contribution in [0.2, 0.25) is 0 Å². The average molecular weight is 372 g/mol. The third-order valence-electron chi connectivity index (χ3n) is 5.16. The van der Waals surface area contributed by atoms with Gasteiger partial charge in [-0.05, 0) is 44.0 Å². The fraction of sp³-hybridized carbons (Fsp3) is 0.261. The maximum absolute atomic E-state index is 12.7. The summed E-state index contributed by atoms with van der Waals surface area (Å²) in [5.41, 5.74) is 3.93. The van der Waals surface area contributed by atoms with E-state index in [9.17, 15) is 4.79 Å². The largest absolute Gasteiger partial charge is 0.354 e. The van der Waals surface area contributed by atoms with Gasteiger partial charge in [-0.15, -0.1) is 10.2 Å². The highest BCUT2D eigenvalue weighted by atomic mass is 16.1. The molecule has 0 spiro atoms. The Kier molecular flexibility index (Phi) is 5.33.